The first-order valence-corrected chi connectivity index (χ1v) is 4.69. The van der Waals surface area contributed by atoms with Crippen LogP contribution >= 0.6 is 11.6 Å². The van der Waals surface area contributed by atoms with E-state index in [2.05, 4.69) is 4.98 Å². The fourth-order valence-corrected chi connectivity index (χ4v) is 1.56. The molecular weight excluding hydrogens is 198 g/mol. The number of aryl methyl sites for hydroxylation is 1. The lowest BCUT2D eigenvalue weighted by Gasteiger charge is -2.05. The number of halogens is 1. The Kier molecular flexibility index (Phi) is 2.30. The minimum Gasteiger partial charge on any atom is -0.497 e. The molecule has 0 fully saturated rings. The smallest absolute Gasteiger partial charge is 0.119 e. The highest BCUT2D eigenvalue weighted by atomic mass is 35.5. The summed E-state index contributed by atoms with van der Waals surface area (Å²) in [6.45, 7) is 1.98. The number of benzene rings is 1. The molecule has 72 valence electrons. The third kappa shape index (κ3) is 1.42. The summed E-state index contributed by atoms with van der Waals surface area (Å²) in [5, 5.41) is 1.72. The largest absolute Gasteiger partial charge is 0.497 e. The van der Waals surface area contributed by atoms with Crippen molar-refractivity contribution >= 4 is 22.5 Å². The molecular formula is C11H10ClNO. The average Bonchev–Trinajstić information content (AvgIpc) is 2.23. The van der Waals surface area contributed by atoms with Crippen LogP contribution in [0.3, 0.4) is 0 Å². The van der Waals surface area contributed by atoms with Crippen LogP contribution in [0.5, 0.6) is 5.75 Å². The minimum absolute atomic E-state index is 0.686. The molecule has 0 amide bonds. The Morgan fingerprint density at radius 2 is 2.14 bits per heavy atom. The summed E-state index contributed by atoms with van der Waals surface area (Å²) >= 11 is 5.98. The van der Waals surface area contributed by atoms with E-state index in [0.29, 0.717) is 5.02 Å². The fraction of sp³-hybridized carbons (Fsp3) is 0.182. The summed E-state index contributed by atoms with van der Waals surface area (Å²) in [4.78, 5) is 4.23. The summed E-state index contributed by atoms with van der Waals surface area (Å²) in [5.74, 6) is 0.824. The van der Waals surface area contributed by atoms with Gasteiger partial charge in [-0.25, -0.2) is 0 Å². The maximum Gasteiger partial charge on any atom is 0.119 e. The quantitative estimate of drug-likeness (QED) is 0.717. The van der Waals surface area contributed by atoms with Gasteiger partial charge >= 0.3 is 0 Å². The number of aromatic nitrogens is 1. The standard InChI is InChI=1S/C11H10ClNO/c1-7-9-5-8(14-2)3-4-11(9)13-6-10(7)12/h3-6H,1-2H3. The number of nitrogens with zero attached hydrogens (tertiary/aromatic N) is 1. The van der Waals surface area contributed by atoms with Crippen LogP contribution in [0.25, 0.3) is 10.9 Å². The van der Waals surface area contributed by atoms with E-state index < -0.39 is 0 Å². The lowest BCUT2D eigenvalue weighted by atomic mass is 10.1. The number of ether oxygens (including phenoxy) is 1. The molecule has 0 saturated carbocycles. The highest BCUT2D eigenvalue weighted by Gasteiger charge is 2.03. The van der Waals surface area contributed by atoms with Crippen LogP contribution in [0.2, 0.25) is 5.02 Å². The molecule has 14 heavy (non-hydrogen) atoms. The van der Waals surface area contributed by atoms with Gasteiger partial charge in [0, 0.05) is 11.6 Å². The molecule has 1 heterocycles. The summed E-state index contributed by atoms with van der Waals surface area (Å²) in [6, 6.07) is 5.77. The zero-order chi connectivity index (χ0) is 10.1. The number of fused-ring (bicyclic) bond motifs is 1. The molecule has 2 rings (SSSR count). The highest BCUT2D eigenvalue weighted by Crippen LogP contribution is 2.26. The molecule has 0 aliphatic rings. The van der Waals surface area contributed by atoms with Gasteiger partial charge in [-0.15, -0.1) is 0 Å². The van der Waals surface area contributed by atoms with Crippen LogP contribution in [0.4, 0.5) is 0 Å². The Morgan fingerprint density at radius 1 is 1.36 bits per heavy atom. The predicted molar refractivity (Wildman–Crippen MR) is 58.0 cm³/mol. The second-order valence-corrected chi connectivity index (χ2v) is 3.52. The van der Waals surface area contributed by atoms with E-state index in [0.717, 1.165) is 22.2 Å². The van der Waals surface area contributed by atoms with Crippen LogP contribution in [-0.4, -0.2) is 12.1 Å². The molecule has 0 unspecified atom stereocenters. The number of pyridine rings is 1. The van der Waals surface area contributed by atoms with Crippen molar-refractivity contribution in [1.29, 1.82) is 0 Å². The minimum atomic E-state index is 0.686. The van der Waals surface area contributed by atoms with E-state index in [9.17, 15) is 0 Å². The lowest BCUT2D eigenvalue weighted by molar-refractivity contribution is 0.415. The molecule has 1 aromatic carbocycles. The van der Waals surface area contributed by atoms with Crippen molar-refractivity contribution < 1.29 is 4.74 Å². The van der Waals surface area contributed by atoms with Crippen molar-refractivity contribution in [3.63, 3.8) is 0 Å². The van der Waals surface area contributed by atoms with Crippen molar-refractivity contribution in [3.05, 3.63) is 35.0 Å². The lowest BCUT2D eigenvalue weighted by Crippen LogP contribution is -1.87. The summed E-state index contributed by atoms with van der Waals surface area (Å²) < 4.78 is 5.15. The average molecular weight is 208 g/mol. The maximum atomic E-state index is 5.98. The van der Waals surface area contributed by atoms with Crippen molar-refractivity contribution in [2.75, 3.05) is 7.11 Å². The zero-order valence-electron chi connectivity index (χ0n) is 8.04. The van der Waals surface area contributed by atoms with E-state index >= 15 is 0 Å². The molecule has 2 nitrogen and oxygen atoms in total. The molecule has 0 N–H and O–H groups in total. The van der Waals surface area contributed by atoms with Gasteiger partial charge in [0.25, 0.3) is 0 Å². The SMILES string of the molecule is COc1ccc2ncc(Cl)c(C)c2c1. The first-order valence-electron chi connectivity index (χ1n) is 4.31. The van der Waals surface area contributed by atoms with E-state index in [4.69, 9.17) is 16.3 Å². The van der Waals surface area contributed by atoms with E-state index in [-0.39, 0.29) is 0 Å². The Labute approximate surface area is 87.5 Å². The van der Waals surface area contributed by atoms with Crippen molar-refractivity contribution in [2.24, 2.45) is 0 Å². The van der Waals surface area contributed by atoms with Gasteiger partial charge in [-0.1, -0.05) is 11.6 Å². The maximum absolute atomic E-state index is 5.98. The van der Waals surface area contributed by atoms with Crippen LogP contribution in [0, 0.1) is 6.92 Å². The summed E-state index contributed by atoms with van der Waals surface area (Å²) in [7, 11) is 1.65. The van der Waals surface area contributed by atoms with Crippen LogP contribution < -0.4 is 4.74 Å². The van der Waals surface area contributed by atoms with Gasteiger partial charge < -0.3 is 4.74 Å². The fourth-order valence-electron chi connectivity index (χ4n) is 1.41. The number of methoxy groups -OCH3 is 1. The second kappa shape index (κ2) is 3.46. The Bertz CT molecular complexity index is 482. The number of rotatable bonds is 1. The van der Waals surface area contributed by atoms with Gasteiger partial charge in [-0.2, -0.15) is 0 Å². The van der Waals surface area contributed by atoms with Gasteiger partial charge in [0.15, 0.2) is 0 Å². The Hall–Kier alpha value is -1.28. The topological polar surface area (TPSA) is 22.1 Å². The van der Waals surface area contributed by atoms with Gasteiger partial charge in [0.1, 0.15) is 5.75 Å². The third-order valence-electron chi connectivity index (χ3n) is 2.28. The molecule has 0 spiro atoms. The highest BCUT2D eigenvalue weighted by molar-refractivity contribution is 6.32. The summed E-state index contributed by atoms with van der Waals surface area (Å²) in [6.07, 6.45) is 1.67. The number of hydrogen-bond acceptors (Lipinski definition) is 2. The Morgan fingerprint density at radius 3 is 2.86 bits per heavy atom. The van der Waals surface area contributed by atoms with Crippen molar-refractivity contribution in [2.45, 2.75) is 6.92 Å². The molecule has 2 aromatic rings. The van der Waals surface area contributed by atoms with Crippen LogP contribution in [0.15, 0.2) is 24.4 Å². The van der Waals surface area contributed by atoms with Gasteiger partial charge in [-0.05, 0) is 30.7 Å². The van der Waals surface area contributed by atoms with Gasteiger partial charge in [0.05, 0.1) is 17.6 Å². The van der Waals surface area contributed by atoms with Crippen molar-refractivity contribution in [3.8, 4) is 5.75 Å². The molecule has 0 atom stereocenters. The molecule has 0 saturated heterocycles. The molecule has 1 aromatic heterocycles. The van der Waals surface area contributed by atoms with Crippen LogP contribution in [0.1, 0.15) is 5.56 Å². The van der Waals surface area contributed by atoms with Gasteiger partial charge in [-0.3, -0.25) is 4.98 Å². The predicted octanol–water partition coefficient (Wildman–Crippen LogP) is 3.21. The molecule has 0 bridgehead atoms. The second-order valence-electron chi connectivity index (χ2n) is 3.11. The third-order valence-corrected chi connectivity index (χ3v) is 2.66. The normalized spacial score (nSPS) is 10.5. The van der Waals surface area contributed by atoms with E-state index in [1.807, 2.05) is 25.1 Å². The number of hydrogen-bond donors (Lipinski definition) is 0. The first-order chi connectivity index (χ1) is 6.72. The first kappa shape index (κ1) is 9.28. The van der Waals surface area contributed by atoms with E-state index in [1.165, 1.54) is 0 Å². The molecule has 0 aliphatic heterocycles. The van der Waals surface area contributed by atoms with E-state index in [1.54, 1.807) is 13.3 Å². The Balaban J connectivity index is 2.78. The molecule has 0 radical (unpaired) electrons. The molecule has 0 aliphatic carbocycles. The molecule has 3 heteroatoms. The van der Waals surface area contributed by atoms with Gasteiger partial charge in [0.2, 0.25) is 0 Å². The van der Waals surface area contributed by atoms with Crippen molar-refractivity contribution in [1.82, 2.24) is 4.98 Å². The monoisotopic (exact) mass is 207 g/mol. The van der Waals surface area contributed by atoms with Crippen LogP contribution in [-0.2, 0) is 0 Å². The summed E-state index contributed by atoms with van der Waals surface area (Å²) in [5.41, 5.74) is 1.98. The zero-order valence-corrected chi connectivity index (χ0v) is 8.80.